The molecule has 4 N–H and O–H groups in total. The maximum absolute atomic E-state index is 13.6. The Morgan fingerprint density at radius 3 is 2.33 bits per heavy atom. The van der Waals surface area contributed by atoms with Gasteiger partial charge in [-0.3, -0.25) is 4.90 Å². The molecular formula is C32H45NO10. The summed E-state index contributed by atoms with van der Waals surface area (Å²) in [5.74, 6) is -2.94. The van der Waals surface area contributed by atoms with Crippen molar-refractivity contribution in [1.29, 1.82) is 0 Å². The summed E-state index contributed by atoms with van der Waals surface area (Å²) in [6.07, 6.45) is -5.27. The average molecular weight is 604 g/mol. The standard InChI is InChI=1S/C32H45NO10/c1-6-33-14-29(15-39-2)18(34)12-19(40-3)31-17-13-30(37)26(43-28(36)16-10-8-7-9-11-16)20(17)32(38,25(35)27(30)42-5)21(24(31)33)22(41-4)23(29)31/h7-11,17-27,34-35,37-38H,6,12-15H2,1-5H3/t17-,18-,19+,20-,21+,22+,23?,24-,25+,26-,27+,29+,30-,31+,32-/m1/s1. The third kappa shape index (κ3) is 3.28. The molecule has 15 atom stereocenters. The third-order valence-electron chi connectivity index (χ3n) is 12.9. The maximum atomic E-state index is 13.6. The molecule has 6 aliphatic rings. The quantitative estimate of drug-likeness (QED) is 0.300. The van der Waals surface area contributed by atoms with Crippen LogP contribution < -0.4 is 0 Å². The van der Waals surface area contributed by atoms with Crippen molar-refractivity contribution >= 4 is 5.97 Å². The molecule has 6 fully saturated rings. The lowest BCUT2D eigenvalue weighted by Crippen LogP contribution is -2.81. The van der Waals surface area contributed by atoms with Gasteiger partial charge in [-0.2, -0.15) is 0 Å². The number of aliphatic hydroxyl groups is 4. The zero-order valence-corrected chi connectivity index (χ0v) is 25.5. The van der Waals surface area contributed by atoms with E-state index in [2.05, 4.69) is 11.8 Å². The number of carbonyl (C=O) groups is 1. The van der Waals surface area contributed by atoms with Gasteiger partial charge in [-0.15, -0.1) is 0 Å². The van der Waals surface area contributed by atoms with E-state index in [-0.39, 0.29) is 25.0 Å². The molecule has 5 saturated carbocycles. The normalized spacial score (nSPS) is 52.7. The Balaban J connectivity index is 1.48. The van der Waals surface area contributed by atoms with Gasteiger partial charge in [0.05, 0.1) is 30.5 Å². The Kier molecular flexibility index (Phi) is 6.92. The lowest BCUT2D eigenvalue weighted by molar-refractivity contribution is -0.320. The summed E-state index contributed by atoms with van der Waals surface area (Å²) in [6, 6.07) is 8.25. The number of ether oxygens (including phenoxy) is 5. The number of hydrogen-bond donors (Lipinski definition) is 4. The number of likely N-dealkylation sites (tertiary alicyclic amines) is 1. The van der Waals surface area contributed by atoms with Gasteiger partial charge in [0.15, 0.2) is 0 Å². The van der Waals surface area contributed by atoms with Crippen LogP contribution in [-0.4, -0.2) is 133 Å². The Morgan fingerprint density at radius 2 is 1.72 bits per heavy atom. The van der Waals surface area contributed by atoms with Crippen LogP contribution in [0.2, 0.25) is 0 Å². The molecule has 7 rings (SSSR count). The smallest absolute Gasteiger partial charge is 0.338 e. The van der Waals surface area contributed by atoms with Crippen LogP contribution in [0.25, 0.3) is 0 Å². The number of rotatable bonds is 8. The van der Waals surface area contributed by atoms with Crippen molar-refractivity contribution in [2.75, 3.05) is 48.1 Å². The Labute approximate surface area is 252 Å². The Hall–Kier alpha value is -1.67. The zero-order valence-electron chi connectivity index (χ0n) is 25.5. The fraction of sp³-hybridized carbons (Fsp3) is 0.781. The van der Waals surface area contributed by atoms with Crippen LogP contribution >= 0.6 is 0 Å². The van der Waals surface area contributed by atoms with Gasteiger partial charge < -0.3 is 44.1 Å². The summed E-state index contributed by atoms with van der Waals surface area (Å²) in [7, 11) is 6.29. The van der Waals surface area contributed by atoms with Crippen LogP contribution in [0.4, 0.5) is 0 Å². The van der Waals surface area contributed by atoms with E-state index in [4.69, 9.17) is 23.7 Å². The number of benzene rings is 1. The van der Waals surface area contributed by atoms with Crippen LogP contribution in [0.1, 0.15) is 30.1 Å². The van der Waals surface area contributed by atoms with Crippen molar-refractivity contribution in [3.63, 3.8) is 0 Å². The third-order valence-corrected chi connectivity index (χ3v) is 12.9. The first-order valence-corrected chi connectivity index (χ1v) is 15.5. The minimum Gasteiger partial charge on any atom is -0.455 e. The molecule has 1 spiro atoms. The molecule has 1 aromatic carbocycles. The number of esters is 1. The van der Waals surface area contributed by atoms with E-state index in [0.717, 1.165) is 0 Å². The van der Waals surface area contributed by atoms with E-state index < -0.39 is 82.4 Å². The van der Waals surface area contributed by atoms with Crippen LogP contribution in [0.5, 0.6) is 0 Å². The number of nitrogens with zero attached hydrogens (tertiary/aromatic N) is 1. The van der Waals surface area contributed by atoms with E-state index in [1.807, 2.05) is 0 Å². The van der Waals surface area contributed by atoms with Crippen LogP contribution in [-0.2, 0) is 23.7 Å². The number of methoxy groups -OCH3 is 4. The summed E-state index contributed by atoms with van der Waals surface area (Å²) in [5.41, 5.74) is -4.81. The lowest BCUT2D eigenvalue weighted by Gasteiger charge is -2.70. The van der Waals surface area contributed by atoms with Gasteiger partial charge in [-0.1, -0.05) is 25.1 Å². The van der Waals surface area contributed by atoms with Gasteiger partial charge in [0.1, 0.15) is 29.5 Å². The number of aliphatic hydroxyl groups excluding tert-OH is 2. The summed E-state index contributed by atoms with van der Waals surface area (Å²) < 4.78 is 30.5. The van der Waals surface area contributed by atoms with Gasteiger partial charge in [0.25, 0.3) is 0 Å². The first-order chi connectivity index (χ1) is 20.6. The monoisotopic (exact) mass is 603 g/mol. The molecule has 0 aromatic heterocycles. The zero-order chi connectivity index (χ0) is 30.7. The first-order valence-electron chi connectivity index (χ1n) is 15.5. The molecule has 11 nitrogen and oxygen atoms in total. The predicted octanol–water partition coefficient (Wildman–Crippen LogP) is 0.0773. The first kappa shape index (κ1) is 30.0. The Morgan fingerprint density at radius 1 is 1.00 bits per heavy atom. The highest BCUT2D eigenvalue weighted by molar-refractivity contribution is 5.89. The number of carbonyl (C=O) groups excluding carboxylic acids is 1. The maximum Gasteiger partial charge on any atom is 0.338 e. The summed E-state index contributed by atoms with van der Waals surface area (Å²) in [4.78, 5) is 15.8. The topological polar surface area (TPSA) is 147 Å². The molecule has 43 heavy (non-hydrogen) atoms. The second kappa shape index (κ2) is 9.91. The van der Waals surface area contributed by atoms with E-state index in [0.29, 0.717) is 25.1 Å². The minimum absolute atomic E-state index is 0.106. The van der Waals surface area contributed by atoms with E-state index in [1.54, 1.807) is 51.7 Å². The fourth-order valence-corrected chi connectivity index (χ4v) is 11.9. The van der Waals surface area contributed by atoms with Gasteiger partial charge in [-0.05, 0) is 31.0 Å². The van der Waals surface area contributed by atoms with Crippen molar-refractivity contribution < 1.29 is 48.9 Å². The number of fused-ring (bicyclic) bond motifs is 2. The molecule has 5 aliphatic carbocycles. The highest BCUT2D eigenvalue weighted by atomic mass is 16.6. The number of piperidine rings is 1. The molecule has 11 heteroatoms. The van der Waals surface area contributed by atoms with Gasteiger partial charge in [0, 0.05) is 76.0 Å². The van der Waals surface area contributed by atoms with Crippen LogP contribution in [0.15, 0.2) is 30.3 Å². The SMILES string of the molecule is CCN1C[C@@]2(COC)C3[C@@H](OC)[C@H]4[C@@H]1[C@]3([C@@H](OC)C[C@H]2O)[C@@H]1C[C@@]2(O)[C@H](OC(=O)c3ccccc3)[C@@H]1[C@]4(O)[C@@H](O)[C@@H]2OC. The van der Waals surface area contributed by atoms with E-state index in [1.165, 1.54) is 7.11 Å². The molecule has 0 radical (unpaired) electrons. The molecule has 1 unspecified atom stereocenters. The van der Waals surface area contributed by atoms with E-state index in [9.17, 15) is 25.2 Å². The molecule has 7 bridgehead atoms. The largest absolute Gasteiger partial charge is 0.455 e. The second-order valence-corrected chi connectivity index (χ2v) is 13.9. The Bertz CT molecular complexity index is 1250. The van der Waals surface area contributed by atoms with Crippen molar-refractivity contribution in [3.05, 3.63) is 35.9 Å². The average Bonchev–Trinajstić information content (AvgIpc) is 3.39. The van der Waals surface area contributed by atoms with Crippen molar-refractivity contribution in [2.24, 2.45) is 34.5 Å². The molecule has 238 valence electrons. The van der Waals surface area contributed by atoms with Gasteiger partial charge in [-0.25, -0.2) is 4.79 Å². The van der Waals surface area contributed by atoms with Crippen LogP contribution in [0, 0.1) is 34.5 Å². The number of hydrogen-bond acceptors (Lipinski definition) is 11. The molecule has 1 aliphatic heterocycles. The molecular weight excluding hydrogens is 558 g/mol. The summed E-state index contributed by atoms with van der Waals surface area (Å²) in [6.45, 7) is 3.46. The highest BCUT2D eigenvalue weighted by Crippen LogP contribution is 2.80. The van der Waals surface area contributed by atoms with Crippen molar-refractivity contribution in [2.45, 2.75) is 73.6 Å². The molecule has 1 aromatic rings. The van der Waals surface area contributed by atoms with Crippen LogP contribution in [0.3, 0.4) is 0 Å². The highest BCUT2D eigenvalue weighted by Gasteiger charge is 2.91. The fourth-order valence-electron chi connectivity index (χ4n) is 11.9. The molecule has 1 heterocycles. The van der Waals surface area contributed by atoms with E-state index >= 15 is 0 Å². The minimum atomic E-state index is -1.86. The van der Waals surface area contributed by atoms with Crippen molar-refractivity contribution in [1.82, 2.24) is 4.90 Å². The lowest BCUT2D eigenvalue weighted by atomic mass is 9.42. The summed E-state index contributed by atoms with van der Waals surface area (Å²) in [5, 5.41) is 49.7. The molecule has 0 amide bonds. The van der Waals surface area contributed by atoms with Gasteiger partial charge >= 0.3 is 5.97 Å². The molecule has 1 saturated heterocycles. The predicted molar refractivity (Wildman–Crippen MR) is 151 cm³/mol. The van der Waals surface area contributed by atoms with Gasteiger partial charge in [0.2, 0.25) is 0 Å². The van der Waals surface area contributed by atoms with Crippen molar-refractivity contribution in [3.8, 4) is 0 Å². The summed E-state index contributed by atoms with van der Waals surface area (Å²) >= 11 is 0. The second-order valence-electron chi connectivity index (χ2n) is 13.9.